The first kappa shape index (κ1) is 21.1. The van der Waals surface area contributed by atoms with Crippen molar-refractivity contribution in [2.24, 2.45) is 5.92 Å². The number of aromatic nitrogens is 4. The van der Waals surface area contributed by atoms with E-state index in [1.807, 2.05) is 26.0 Å². The van der Waals surface area contributed by atoms with Crippen LogP contribution in [-0.4, -0.2) is 65.7 Å². The number of fused-ring (bicyclic) bond motifs is 1. The smallest absolute Gasteiger partial charge is 0.225 e. The second kappa shape index (κ2) is 7.99. The summed E-state index contributed by atoms with van der Waals surface area (Å²) in [6.07, 6.45) is 1.71. The second-order valence-electron chi connectivity index (χ2n) is 9.19. The van der Waals surface area contributed by atoms with Crippen molar-refractivity contribution in [3.63, 3.8) is 0 Å². The summed E-state index contributed by atoms with van der Waals surface area (Å²) in [5.74, 6) is 0.727. The summed E-state index contributed by atoms with van der Waals surface area (Å²) in [6.45, 7) is 5.54. The fourth-order valence-electron chi connectivity index (χ4n) is 4.67. The normalized spacial score (nSPS) is 26.4. The van der Waals surface area contributed by atoms with Gasteiger partial charge in [-0.3, -0.25) is 4.98 Å². The van der Waals surface area contributed by atoms with Gasteiger partial charge in [0.25, 0.3) is 0 Å². The Morgan fingerprint density at radius 2 is 1.88 bits per heavy atom. The summed E-state index contributed by atoms with van der Waals surface area (Å²) < 4.78 is 0. The van der Waals surface area contributed by atoms with Gasteiger partial charge in [0.05, 0.1) is 46.4 Å². The zero-order valence-electron chi connectivity index (χ0n) is 18.5. The number of aliphatic hydroxyl groups excluding tert-OH is 3. The molecule has 32 heavy (non-hydrogen) atoms. The molecule has 0 aliphatic heterocycles. The Bertz CT molecular complexity index is 1140. The third-order valence-corrected chi connectivity index (χ3v) is 6.67. The summed E-state index contributed by atoms with van der Waals surface area (Å²) >= 11 is 0. The number of nitrogens with one attached hydrogen (secondary N) is 3. The highest BCUT2D eigenvalue weighted by Gasteiger charge is 2.44. The molecule has 0 bridgehead atoms. The first-order chi connectivity index (χ1) is 15.3. The minimum atomic E-state index is -1.01. The molecule has 0 spiro atoms. The predicted molar refractivity (Wildman–Crippen MR) is 122 cm³/mol. The van der Waals surface area contributed by atoms with Crippen molar-refractivity contribution < 1.29 is 15.3 Å². The van der Waals surface area contributed by atoms with Crippen molar-refractivity contribution >= 4 is 22.7 Å². The lowest BCUT2D eigenvalue weighted by Gasteiger charge is -2.21. The molecular weight excluding hydrogens is 408 g/mol. The first-order valence-corrected chi connectivity index (χ1v) is 11.2. The third kappa shape index (κ3) is 3.80. The Balaban J connectivity index is 1.56. The standard InChI is InChI=1S/C23H30N6O3/c1-10-18(16-8-13-6-7-24-11(2)19(13)27-16)22(29-23(25-10)26-14-4-5-14)28-17-9-15(12(3)30)20(31)21(17)32/h6-8,12,14-15,17,20-21,27,30-32H,4-5,9H2,1-3H3,(H2,25,26,28,29). The number of aromatic amines is 1. The number of nitrogens with zero attached hydrogens (tertiary/aromatic N) is 3. The van der Waals surface area contributed by atoms with Crippen LogP contribution in [0.5, 0.6) is 0 Å². The molecule has 170 valence electrons. The van der Waals surface area contributed by atoms with E-state index in [2.05, 4.69) is 25.6 Å². The molecule has 9 heteroatoms. The van der Waals surface area contributed by atoms with E-state index in [0.717, 1.165) is 46.4 Å². The summed E-state index contributed by atoms with van der Waals surface area (Å²) in [5.41, 5.74) is 4.32. The van der Waals surface area contributed by atoms with Crippen molar-refractivity contribution in [1.82, 2.24) is 19.9 Å². The fraction of sp³-hybridized carbons (Fsp3) is 0.522. The van der Waals surface area contributed by atoms with Crippen LogP contribution in [0.15, 0.2) is 18.3 Å². The van der Waals surface area contributed by atoms with Crippen LogP contribution in [0.2, 0.25) is 0 Å². The van der Waals surface area contributed by atoms with Gasteiger partial charge in [-0.25, -0.2) is 4.98 Å². The Morgan fingerprint density at radius 1 is 1.09 bits per heavy atom. The van der Waals surface area contributed by atoms with E-state index < -0.39 is 30.3 Å². The van der Waals surface area contributed by atoms with Crippen LogP contribution >= 0.6 is 0 Å². The van der Waals surface area contributed by atoms with E-state index in [0.29, 0.717) is 24.2 Å². The van der Waals surface area contributed by atoms with E-state index in [1.54, 1.807) is 13.1 Å². The van der Waals surface area contributed by atoms with Crippen LogP contribution in [0, 0.1) is 19.8 Å². The molecular formula is C23H30N6O3. The van der Waals surface area contributed by atoms with E-state index >= 15 is 0 Å². The number of hydrogen-bond acceptors (Lipinski definition) is 8. The van der Waals surface area contributed by atoms with Crippen LogP contribution in [0.3, 0.4) is 0 Å². The fourth-order valence-corrected chi connectivity index (χ4v) is 4.67. The summed E-state index contributed by atoms with van der Waals surface area (Å²) in [5, 5.41) is 38.8. The van der Waals surface area contributed by atoms with E-state index in [-0.39, 0.29) is 0 Å². The molecule has 5 atom stereocenters. The maximum atomic E-state index is 10.6. The quantitative estimate of drug-likeness (QED) is 0.344. The monoisotopic (exact) mass is 438 g/mol. The zero-order valence-corrected chi connectivity index (χ0v) is 18.5. The number of aliphatic hydroxyl groups is 3. The number of aryl methyl sites for hydroxylation is 2. The zero-order chi connectivity index (χ0) is 22.6. The summed E-state index contributed by atoms with van der Waals surface area (Å²) in [6, 6.07) is 3.96. The van der Waals surface area contributed by atoms with Gasteiger partial charge < -0.3 is 30.9 Å². The van der Waals surface area contributed by atoms with Crippen molar-refractivity contribution in [1.29, 1.82) is 0 Å². The number of pyridine rings is 1. The molecule has 6 N–H and O–H groups in total. The molecule has 0 radical (unpaired) electrons. The Kier molecular flexibility index (Phi) is 5.27. The highest BCUT2D eigenvalue weighted by atomic mass is 16.3. The molecule has 0 saturated heterocycles. The minimum Gasteiger partial charge on any atom is -0.393 e. The number of hydrogen-bond donors (Lipinski definition) is 6. The van der Waals surface area contributed by atoms with Crippen LogP contribution < -0.4 is 10.6 Å². The first-order valence-electron chi connectivity index (χ1n) is 11.2. The number of rotatable bonds is 6. The predicted octanol–water partition coefficient (Wildman–Crippen LogP) is 2.11. The van der Waals surface area contributed by atoms with Crippen LogP contribution in [0.1, 0.15) is 37.6 Å². The molecule has 2 fully saturated rings. The maximum Gasteiger partial charge on any atom is 0.225 e. The average Bonchev–Trinajstić information content (AvgIpc) is 3.36. The second-order valence-corrected chi connectivity index (χ2v) is 9.19. The maximum absolute atomic E-state index is 10.6. The lowest BCUT2D eigenvalue weighted by atomic mass is 10.00. The molecule has 3 aromatic heterocycles. The summed E-state index contributed by atoms with van der Waals surface area (Å²) in [7, 11) is 0. The van der Waals surface area contributed by atoms with E-state index in [4.69, 9.17) is 4.98 Å². The molecule has 2 aliphatic carbocycles. The molecule has 0 aromatic carbocycles. The molecule has 2 aliphatic rings. The van der Waals surface area contributed by atoms with Gasteiger partial charge in [0.2, 0.25) is 5.95 Å². The topological polar surface area (TPSA) is 139 Å². The molecule has 9 nitrogen and oxygen atoms in total. The van der Waals surface area contributed by atoms with Gasteiger partial charge in [-0.05, 0) is 52.2 Å². The highest BCUT2D eigenvalue weighted by Crippen LogP contribution is 2.37. The molecule has 5 unspecified atom stereocenters. The minimum absolute atomic E-state index is 0.397. The Labute approximate surface area is 186 Å². The third-order valence-electron chi connectivity index (χ3n) is 6.67. The largest absolute Gasteiger partial charge is 0.393 e. The van der Waals surface area contributed by atoms with Gasteiger partial charge in [-0.15, -0.1) is 0 Å². The van der Waals surface area contributed by atoms with Gasteiger partial charge in [0, 0.05) is 23.5 Å². The van der Waals surface area contributed by atoms with Crippen LogP contribution in [-0.2, 0) is 0 Å². The van der Waals surface area contributed by atoms with Crippen molar-refractivity contribution in [3.05, 3.63) is 29.7 Å². The van der Waals surface area contributed by atoms with Crippen molar-refractivity contribution in [2.45, 2.75) is 70.4 Å². The molecule has 3 aromatic rings. The number of anilines is 2. The van der Waals surface area contributed by atoms with Crippen molar-refractivity contribution in [2.75, 3.05) is 10.6 Å². The molecule has 2 saturated carbocycles. The number of H-pyrrole nitrogens is 1. The summed E-state index contributed by atoms with van der Waals surface area (Å²) in [4.78, 5) is 17.3. The van der Waals surface area contributed by atoms with Gasteiger partial charge >= 0.3 is 0 Å². The SMILES string of the molecule is Cc1nc(NC2CC2)nc(NC2CC(C(C)O)C(O)C2O)c1-c1cc2ccnc(C)c2[nH]1. The lowest BCUT2D eigenvalue weighted by Crippen LogP contribution is -2.36. The van der Waals surface area contributed by atoms with Crippen LogP contribution in [0.25, 0.3) is 22.2 Å². The van der Waals surface area contributed by atoms with Gasteiger partial charge in [-0.1, -0.05) is 0 Å². The lowest BCUT2D eigenvalue weighted by molar-refractivity contribution is -0.0162. The highest BCUT2D eigenvalue weighted by molar-refractivity contribution is 5.90. The molecule has 5 rings (SSSR count). The van der Waals surface area contributed by atoms with E-state index in [9.17, 15) is 15.3 Å². The van der Waals surface area contributed by atoms with Crippen LogP contribution in [0.4, 0.5) is 11.8 Å². The Morgan fingerprint density at radius 3 is 2.53 bits per heavy atom. The molecule has 0 amide bonds. The van der Waals surface area contributed by atoms with E-state index in [1.165, 1.54) is 0 Å². The van der Waals surface area contributed by atoms with Gasteiger partial charge in [0.1, 0.15) is 11.9 Å². The van der Waals surface area contributed by atoms with Crippen molar-refractivity contribution in [3.8, 4) is 11.3 Å². The average molecular weight is 439 g/mol. The van der Waals surface area contributed by atoms with Gasteiger partial charge in [0.15, 0.2) is 0 Å². The molecule has 3 heterocycles. The Hall–Kier alpha value is -2.75. The van der Waals surface area contributed by atoms with Gasteiger partial charge in [-0.2, -0.15) is 4.98 Å².